The van der Waals surface area contributed by atoms with Gasteiger partial charge in [0.15, 0.2) is 5.96 Å². The van der Waals surface area contributed by atoms with Gasteiger partial charge >= 0.3 is 5.97 Å². The van der Waals surface area contributed by atoms with Crippen LogP contribution in [0, 0.1) is 0 Å². The van der Waals surface area contributed by atoms with Gasteiger partial charge in [-0.25, -0.2) is 9.79 Å². The monoisotopic (exact) mass is 295 g/mol. The molecule has 0 bridgehead atoms. The van der Waals surface area contributed by atoms with Crippen molar-refractivity contribution in [3.8, 4) is 0 Å². The number of rotatable bonds is 4. The number of hydrogen-bond acceptors (Lipinski definition) is 3. The molecule has 0 amide bonds. The zero-order chi connectivity index (χ0) is 14.5. The van der Waals surface area contributed by atoms with Crippen molar-refractivity contribution in [3.05, 3.63) is 28.3 Å². The number of hydrogen-bond donors (Lipinski definition) is 2. The van der Waals surface area contributed by atoms with Crippen molar-refractivity contribution in [2.24, 2.45) is 4.99 Å². The van der Waals surface area contributed by atoms with Crippen LogP contribution in [-0.2, 0) is 11.2 Å². The smallest absolute Gasteiger partial charge is 0.338 e. The van der Waals surface area contributed by atoms with E-state index < -0.39 is 0 Å². The molecule has 1 saturated heterocycles. The van der Waals surface area contributed by atoms with Gasteiger partial charge in [-0.05, 0) is 31.0 Å². The number of aryl methyl sites for hydroxylation is 1. The van der Waals surface area contributed by atoms with E-state index in [0.717, 1.165) is 25.1 Å². The lowest BCUT2D eigenvalue weighted by Gasteiger charge is -2.10. The fourth-order valence-corrected chi connectivity index (χ4v) is 2.28. The van der Waals surface area contributed by atoms with Crippen LogP contribution in [0.4, 0.5) is 5.69 Å². The summed E-state index contributed by atoms with van der Waals surface area (Å²) in [6, 6.07) is 3.39. The number of halogens is 1. The van der Waals surface area contributed by atoms with Gasteiger partial charge in [0.25, 0.3) is 0 Å². The third kappa shape index (κ3) is 3.22. The van der Waals surface area contributed by atoms with Crippen molar-refractivity contribution in [1.29, 1.82) is 0 Å². The van der Waals surface area contributed by atoms with Crippen LogP contribution < -0.4 is 10.6 Å². The highest BCUT2D eigenvalue weighted by Crippen LogP contribution is 2.31. The zero-order valence-corrected chi connectivity index (χ0v) is 12.4. The van der Waals surface area contributed by atoms with Crippen LogP contribution in [0.5, 0.6) is 0 Å². The number of aliphatic imine (C=N–C) groups is 1. The first-order valence-electron chi connectivity index (χ1n) is 6.71. The molecule has 1 fully saturated rings. The highest BCUT2D eigenvalue weighted by atomic mass is 35.5. The van der Waals surface area contributed by atoms with Gasteiger partial charge in [0.1, 0.15) is 0 Å². The molecule has 0 unspecified atom stereocenters. The molecule has 6 heteroatoms. The van der Waals surface area contributed by atoms with Crippen LogP contribution in [-0.4, -0.2) is 31.6 Å². The average Bonchev–Trinajstić information content (AvgIpc) is 2.94. The molecule has 5 nitrogen and oxygen atoms in total. The van der Waals surface area contributed by atoms with Crippen molar-refractivity contribution in [1.82, 2.24) is 10.6 Å². The first-order chi connectivity index (χ1) is 9.65. The largest absolute Gasteiger partial charge is 0.462 e. The molecule has 108 valence electrons. The number of ether oxygens (including phenoxy) is 1. The summed E-state index contributed by atoms with van der Waals surface area (Å²) in [5, 5.41) is 6.71. The van der Waals surface area contributed by atoms with Crippen LogP contribution in [0.1, 0.15) is 29.8 Å². The molecule has 0 saturated carbocycles. The fourth-order valence-electron chi connectivity index (χ4n) is 2.00. The van der Waals surface area contributed by atoms with Gasteiger partial charge in [-0.3, -0.25) is 0 Å². The van der Waals surface area contributed by atoms with E-state index in [1.54, 1.807) is 19.1 Å². The third-order valence-corrected chi connectivity index (χ3v) is 3.26. The second-order valence-electron chi connectivity index (χ2n) is 4.35. The van der Waals surface area contributed by atoms with Crippen LogP contribution in [0.3, 0.4) is 0 Å². The summed E-state index contributed by atoms with van der Waals surface area (Å²) in [5.41, 5.74) is 2.08. The fraction of sp³-hybridized carbons (Fsp3) is 0.429. The number of carbonyl (C=O) groups is 1. The lowest BCUT2D eigenvalue weighted by molar-refractivity contribution is 0.0526. The Labute approximate surface area is 123 Å². The number of esters is 1. The molecular formula is C14H18ClN3O2. The number of nitrogens with one attached hydrogen (secondary N) is 2. The minimum Gasteiger partial charge on any atom is -0.462 e. The van der Waals surface area contributed by atoms with Crippen molar-refractivity contribution in [2.45, 2.75) is 20.3 Å². The molecule has 2 N–H and O–H groups in total. The Morgan fingerprint density at radius 1 is 1.35 bits per heavy atom. The Morgan fingerprint density at radius 2 is 2.05 bits per heavy atom. The molecule has 1 heterocycles. The first-order valence-corrected chi connectivity index (χ1v) is 7.09. The summed E-state index contributed by atoms with van der Waals surface area (Å²) in [6.45, 7) is 5.81. The van der Waals surface area contributed by atoms with Gasteiger partial charge in [0.05, 0.1) is 22.9 Å². The normalized spacial score (nSPS) is 13.7. The van der Waals surface area contributed by atoms with Crippen LogP contribution in [0.25, 0.3) is 0 Å². The molecule has 2 rings (SSSR count). The van der Waals surface area contributed by atoms with Gasteiger partial charge in [-0.15, -0.1) is 0 Å². The highest BCUT2D eigenvalue weighted by molar-refractivity contribution is 6.33. The molecule has 1 aliphatic rings. The van der Waals surface area contributed by atoms with Crippen molar-refractivity contribution in [3.63, 3.8) is 0 Å². The number of benzene rings is 1. The molecule has 0 spiro atoms. The minimum absolute atomic E-state index is 0.343. The Morgan fingerprint density at radius 3 is 2.65 bits per heavy atom. The Bertz CT molecular complexity index is 535. The summed E-state index contributed by atoms with van der Waals surface area (Å²) in [5.74, 6) is 0.353. The van der Waals surface area contributed by atoms with Crippen molar-refractivity contribution < 1.29 is 9.53 Å². The minimum atomic E-state index is -0.361. The van der Waals surface area contributed by atoms with E-state index in [2.05, 4.69) is 15.6 Å². The predicted octanol–water partition coefficient (Wildman–Crippen LogP) is 2.26. The number of carbonyl (C=O) groups excluding carboxylic acids is 1. The van der Waals surface area contributed by atoms with Crippen LogP contribution in [0.15, 0.2) is 17.1 Å². The topological polar surface area (TPSA) is 62.7 Å². The molecule has 0 atom stereocenters. The standard InChI is InChI=1S/C14H18ClN3O2/c1-3-9-7-10(13(19)20-4-2)8-11(15)12(9)18-14-16-5-6-17-14/h7-8H,3-6H2,1-2H3,(H2,16,17,18). The SMILES string of the molecule is CCOC(=O)c1cc(Cl)c(N=C2NCCN2)c(CC)c1. The predicted molar refractivity (Wildman–Crippen MR) is 79.9 cm³/mol. The molecule has 1 aliphatic heterocycles. The number of guanidine groups is 1. The second kappa shape index (κ2) is 6.61. The Balaban J connectivity index is 2.37. The first kappa shape index (κ1) is 14.7. The van der Waals surface area contributed by atoms with Crippen molar-refractivity contribution in [2.75, 3.05) is 19.7 Å². The molecule has 0 aromatic heterocycles. The van der Waals surface area contributed by atoms with E-state index in [0.29, 0.717) is 28.8 Å². The lowest BCUT2D eigenvalue weighted by atomic mass is 10.1. The Hall–Kier alpha value is -1.75. The molecule has 1 aromatic rings. The van der Waals surface area contributed by atoms with E-state index in [1.165, 1.54) is 0 Å². The van der Waals surface area contributed by atoms with Crippen molar-refractivity contribution >= 4 is 29.2 Å². The van der Waals surface area contributed by atoms with Gasteiger partial charge < -0.3 is 15.4 Å². The van der Waals surface area contributed by atoms with E-state index >= 15 is 0 Å². The van der Waals surface area contributed by atoms with E-state index in [9.17, 15) is 4.79 Å². The molecular weight excluding hydrogens is 278 g/mol. The van der Waals surface area contributed by atoms with Gasteiger partial charge in [0, 0.05) is 13.1 Å². The van der Waals surface area contributed by atoms with E-state index in [-0.39, 0.29) is 5.97 Å². The summed E-state index contributed by atoms with van der Waals surface area (Å²) in [6.07, 6.45) is 0.735. The highest BCUT2D eigenvalue weighted by Gasteiger charge is 2.15. The average molecular weight is 296 g/mol. The maximum atomic E-state index is 11.8. The quantitative estimate of drug-likeness (QED) is 0.837. The third-order valence-electron chi connectivity index (χ3n) is 2.97. The van der Waals surface area contributed by atoms with E-state index in [1.807, 2.05) is 6.92 Å². The summed E-state index contributed by atoms with van der Waals surface area (Å²) < 4.78 is 5.00. The maximum absolute atomic E-state index is 11.8. The maximum Gasteiger partial charge on any atom is 0.338 e. The molecule has 1 aromatic carbocycles. The number of nitrogens with zero attached hydrogens (tertiary/aromatic N) is 1. The summed E-state index contributed by atoms with van der Waals surface area (Å²) >= 11 is 6.27. The van der Waals surface area contributed by atoms with Gasteiger partial charge in [-0.1, -0.05) is 18.5 Å². The zero-order valence-electron chi connectivity index (χ0n) is 11.6. The Kier molecular flexibility index (Phi) is 4.84. The summed E-state index contributed by atoms with van der Waals surface area (Å²) in [4.78, 5) is 16.3. The molecule has 20 heavy (non-hydrogen) atoms. The summed E-state index contributed by atoms with van der Waals surface area (Å²) in [7, 11) is 0. The van der Waals surface area contributed by atoms with Crippen LogP contribution >= 0.6 is 11.6 Å². The second-order valence-corrected chi connectivity index (χ2v) is 4.76. The van der Waals surface area contributed by atoms with Gasteiger partial charge in [-0.2, -0.15) is 0 Å². The molecule has 0 aliphatic carbocycles. The van der Waals surface area contributed by atoms with Crippen LogP contribution in [0.2, 0.25) is 5.02 Å². The lowest BCUT2D eigenvalue weighted by Crippen LogP contribution is -2.23. The van der Waals surface area contributed by atoms with E-state index in [4.69, 9.17) is 16.3 Å². The molecule has 0 radical (unpaired) electrons. The van der Waals surface area contributed by atoms with Gasteiger partial charge in [0.2, 0.25) is 0 Å².